The summed E-state index contributed by atoms with van der Waals surface area (Å²) in [5.74, 6) is -4.57. The van der Waals surface area contributed by atoms with E-state index in [1.54, 1.807) is 0 Å². The Labute approximate surface area is 152 Å². The van der Waals surface area contributed by atoms with E-state index < -0.39 is 17.9 Å². The molecule has 0 bridgehead atoms. The van der Waals surface area contributed by atoms with Crippen LogP contribution in [0.25, 0.3) is 0 Å². The molecule has 0 atom stereocenters. The molecular weight excluding hydrogens is 289 g/mol. The second-order valence-electron chi connectivity index (χ2n) is 2.81. The van der Waals surface area contributed by atoms with Crippen LogP contribution >= 0.6 is 23.2 Å². The van der Waals surface area contributed by atoms with Crippen molar-refractivity contribution in [3.8, 4) is 0 Å². The first-order chi connectivity index (χ1) is 6.91. The molecule has 4 nitrogen and oxygen atoms in total. The summed E-state index contributed by atoms with van der Waals surface area (Å²) in [5.41, 5.74) is 0.0486. The van der Waals surface area contributed by atoms with Gasteiger partial charge >= 0.3 is 71.1 Å². The number of hydrogen-bond acceptors (Lipinski definition) is 2. The summed E-state index contributed by atoms with van der Waals surface area (Å²) in [5, 5.41) is 17.8. The number of carboxylic acids is 2. The van der Waals surface area contributed by atoms with Crippen LogP contribution in [0, 0.1) is 0 Å². The molecule has 0 aliphatic heterocycles. The number of carboxylic acid groups (broad SMARTS) is 2. The Balaban J connectivity index is 0. The van der Waals surface area contributed by atoms with Crippen molar-refractivity contribution in [1.82, 2.24) is 0 Å². The van der Waals surface area contributed by atoms with Gasteiger partial charge in [-0.3, -0.25) is 9.59 Å². The molecule has 0 radical (unpaired) electrons. The molecule has 0 unspecified atom stereocenters. The molecular formula is C9H8Cl2Na2O4. The predicted molar refractivity (Wildman–Crippen MR) is 68.8 cm³/mol. The third kappa shape index (κ3) is 5.94. The molecule has 0 aliphatic carbocycles. The molecule has 1 aromatic rings. The molecule has 0 amide bonds. The Morgan fingerprint density at radius 1 is 0.941 bits per heavy atom. The molecule has 1 rings (SSSR count). The van der Waals surface area contributed by atoms with E-state index in [1.807, 2.05) is 0 Å². The number of aliphatic carboxylic acids is 2. The summed E-state index contributed by atoms with van der Waals surface area (Å²) in [4.78, 5) is 21.4. The van der Waals surface area contributed by atoms with Gasteiger partial charge in [-0.2, -0.15) is 0 Å². The molecule has 0 saturated heterocycles. The van der Waals surface area contributed by atoms with Crippen molar-refractivity contribution >= 4 is 94.3 Å². The molecule has 84 valence electrons. The van der Waals surface area contributed by atoms with Gasteiger partial charge in [0.1, 0.15) is 0 Å². The SMILES string of the molecule is O=C(O)C(C(=O)O)c1cc(Cl)cc(Cl)c1.[NaH].[NaH]. The number of hydrogen-bond donors (Lipinski definition) is 2. The first-order valence-electron chi connectivity index (χ1n) is 3.83. The summed E-state index contributed by atoms with van der Waals surface area (Å²) in [6.07, 6.45) is 0. The Kier molecular flexibility index (Phi) is 10.4. The predicted octanol–water partition coefficient (Wildman–Crippen LogP) is 0.949. The van der Waals surface area contributed by atoms with Crippen molar-refractivity contribution in [2.75, 3.05) is 0 Å². The zero-order valence-electron chi connectivity index (χ0n) is 7.28. The molecule has 1 aromatic carbocycles. The second-order valence-corrected chi connectivity index (χ2v) is 3.69. The minimum absolute atomic E-state index is 0. The van der Waals surface area contributed by atoms with Gasteiger partial charge < -0.3 is 10.2 Å². The van der Waals surface area contributed by atoms with Gasteiger partial charge in [-0.15, -0.1) is 0 Å². The maximum atomic E-state index is 10.7. The van der Waals surface area contributed by atoms with Crippen molar-refractivity contribution in [2.24, 2.45) is 0 Å². The third-order valence-corrected chi connectivity index (χ3v) is 2.15. The molecule has 0 aliphatic rings. The van der Waals surface area contributed by atoms with Crippen LogP contribution in [0.5, 0.6) is 0 Å². The van der Waals surface area contributed by atoms with Crippen LogP contribution in [0.4, 0.5) is 0 Å². The fourth-order valence-electron chi connectivity index (χ4n) is 1.13. The van der Waals surface area contributed by atoms with E-state index in [0.29, 0.717) is 0 Å². The van der Waals surface area contributed by atoms with Gasteiger partial charge in [0.25, 0.3) is 0 Å². The van der Waals surface area contributed by atoms with Gasteiger partial charge in [0.15, 0.2) is 5.92 Å². The quantitative estimate of drug-likeness (QED) is 0.643. The van der Waals surface area contributed by atoms with Crippen LogP contribution in [0.15, 0.2) is 18.2 Å². The van der Waals surface area contributed by atoms with E-state index in [4.69, 9.17) is 33.4 Å². The molecule has 17 heavy (non-hydrogen) atoms. The van der Waals surface area contributed by atoms with Gasteiger partial charge in [0, 0.05) is 10.0 Å². The van der Waals surface area contributed by atoms with Crippen molar-refractivity contribution < 1.29 is 19.8 Å². The van der Waals surface area contributed by atoms with Crippen molar-refractivity contribution in [1.29, 1.82) is 0 Å². The molecule has 8 heteroatoms. The zero-order valence-corrected chi connectivity index (χ0v) is 8.79. The van der Waals surface area contributed by atoms with Crippen LogP contribution in [0.1, 0.15) is 11.5 Å². The summed E-state index contributed by atoms with van der Waals surface area (Å²) in [6, 6.07) is 3.92. The van der Waals surface area contributed by atoms with Crippen LogP contribution in [0.3, 0.4) is 0 Å². The standard InChI is InChI=1S/C9H6Cl2O4.2Na.2H/c10-5-1-4(2-6(11)3-5)7(8(12)13)9(14)15;;;;/h1-3,7H,(H,12,13)(H,14,15);;;;. The van der Waals surface area contributed by atoms with E-state index in [0.717, 1.165) is 0 Å². The molecule has 0 spiro atoms. The number of benzene rings is 1. The first kappa shape index (κ1) is 20.1. The van der Waals surface area contributed by atoms with Crippen LogP contribution < -0.4 is 0 Å². The van der Waals surface area contributed by atoms with Gasteiger partial charge in [0.2, 0.25) is 0 Å². The topological polar surface area (TPSA) is 74.6 Å². The van der Waals surface area contributed by atoms with Crippen molar-refractivity contribution in [3.05, 3.63) is 33.8 Å². The molecule has 0 aromatic heterocycles. The van der Waals surface area contributed by atoms with Gasteiger partial charge in [-0.25, -0.2) is 0 Å². The molecule has 2 N–H and O–H groups in total. The van der Waals surface area contributed by atoms with Gasteiger partial charge in [0.05, 0.1) is 0 Å². The maximum absolute atomic E-state index is 10.7. The summed E-state index contributed by atoms with van der Waals surface area (Å²) in [7, 11) is 0. The minimum atomic E-state index is -1.65. The Bertz CT molecular complexity index is 391. The van der Waals surface area contributed by atoms with Crippen LogP contribution in [0.2, 0.25) is 10.0 Å². The normalized spacial score (nSPS) is 9.12. The number of carbonyl (C=O) groups is 2. The average molecular weight is 297 g/mol. The molecule has 0 fully saturated rings. The zero-order chi connectivity index (χ0) is 11.6. The van der Waals surface area contributed by atoms with E-state index in [-0.39, 0.29) is 74.7 Å². The van der Waals surface area contributed by atoms with E-state index in [2.05, 4.69) is 0 Å². The fourth-order valence-corrected chi connectivity index (χ4v) is 1.68. The van der Waals surface area contributed by atoms with E-state index in [9.17, 15) is 9.59 Å². The summed E-state index contributed by atoms with van der Waals surface area (Å²) in [6.45, 7) is 0. The monoisotopic (exact) mass is 296 g/mol. The Hall–Kier alpha value is 0.740. The Morgan fingerprint density at radius 3 is 1.59 bits per heavy atom. The summed E-state index contributed by atoms with van der Waals surface area (Å²) >= 11 is 11.3. The van der Waals surface area contributed by atoms with Crippen LogP contribution in [-0.2, 0) is 9.59 Å². The van der Waals surface area contributed by atoms with Crippen molar-refractivity contribution in [2.45, 2.75) is 5.92 Å². The van der Waals surface area contributed by atoms with E-state index >= 15 is 0 Å². The molecule has 0 heterocycles. The van der Waals surface area contributed by atoms with E-state index in [1.165, 1.54) is 18.2 Å². The summed E-state index contributed by atoms with van der Waals surface area (Å²) < 4.78 is 0. The fraction of sp³-hybridized carbons (Fsp3) is 0.111. The van der Waals surface area contributed by atoms with Crippen molar-refractivity contribution in [3.63, 3.8) is 0 Å². The Morgan fingerprint density at radius 2 is 1.29 bits per heavy atom. The van der Waals surface area contributed by atoms with Crippen LogP contribution in [-0.4, -0.2) is 81.3 Å². The number of rotatable bonds is 3. The van der Waals surface area contributed by atoms with Gasteiger partial charge in [-0.1, -0.05) is 23.2 Å². The average Bonchev–Trinajstić information content (AvgIpc) is 1.99. The number of halogens is 2. The van der Waals surface area contributed by atoms with Gasteiger partial charge in [-0.05, 0) is 23.8 Å². The first-order valence-corrected chi connectivity index (χ1v) is 4.59. The second kappa shape index (κ2) is 8.77. The third-order valence-electron chi connectivity index (χ3n) is 1.71. The molecule has 0 saturated carbocycles.